The lowest BCUT2D eigenvalue weighted by atomic mass is 10.2. The summed E-state index contributed by atoms with van der Waals surface area (Å²) in [6.07, 6.45) is 3.78. The van der Waals surface area contributed by atoms with Crippen molar-refractivity contribution >= 4 is 23.2 Å². The third-order valence-corrected chi connectivity index (χ3v) is 3.22. The number of rotatable bonds is 3. The fraction of sp³-hybridized carbons (Fsp3) is 0.308. The maximum Gasteiger partial charge on any atom is 0.111 e. The molecule has 0 unspecified atom stereocenters. The van der Waals surface area contributed by atoms with Crippen LogP contribution in [0.3, 0.4) is 0 Å². The predicted molar refractivity (Wildman–Crippen MR) is 71.9 cm³/mol. The second-order valence-corrected chi connectivity index (χ2v) is 5.15. The quantitative estimate of drug-likeness (QED) is 0.809. The Bertz CT molecular complexity index is 518. The molecule has 0 saturated carbocycles. The number of hydrogen-bond acceptors (Lipinski definition) is 1. The topological polar surface area (TPSA) is 17.8 Å². The van der Waals surface area contributed by atoms with E-state index in [1.54, 1.807) is 6.07 Å². The van der Waals surface area contributed by atoms with Crippen molar-refractivity contribution < 1.29 is 0 Å². The third kappa shape index (κ3) is 2.82. The summed E-state index contributed by atoms with van der Waals surface area (Å²) in [7, 11) is 0. The molecule has 0 radical (unpaired) electrons. The molecule has 17 heavy (non-hydrogen) atoms. The molecule has 0 aliphatic carbocycles. The fourth-order valence-corrected chi connectivity index (χ4v) is 2.18. The lowest BCUT2D eigenvalue weighted by Crippen LogP contribution is -2.06. The zero-order valence-electron chi connectivity index (χ0n) is 9.82. The van der Waals surface area contributed by atoms with Crippen LogP contribution in [0, 0.1) is 0 Å². The van der Waals surface area contributed by atoms with E-state index in [4.69, 9.17) is 23.2 Å². The molecule has 0 N–H and O–H groups in total. The molecule has 0 amide bonds. The molecule has 0 aliphatic heterocycles. The van der Waals surface area contributed by atoms with Gasteiger partial charge in [0.15, 0.2) is 0 Å². The van der Waals surface area contributed by atoms with Gasteiger partial charge in [-0.2, -0.15) is 0 Å². The van der Waals surface area contributed by atoms with Gasteiger partial charge in [-0.25, -0.2) is 4.98 Å². The first-order valence-electron chi connectivity index (χ1n) is 5.53. The zero-order chi connectivity index (χ0) is 12.4. The van der Waals surface area contributed by atoms with Crippen molar-refractivity contribution in [2.75, 3.05) is 0 Å². The molecule has 2 rings (SSSR count). The van der Waals surface area contributed by atoms with E-state index in [1.165, 1.54) is 0 Å². The molecule has 0 bridgehead atoms. The molecule has 0 aliphatic rings. The van der Waals surface area contributed by atoms with E-state index >= 15 is 0 Å². The number of hydrogen-bond donors (Lipinski definition) is 0. The maximum atomic E-state index is 6.15. The monoisotopic (exact) mass is 268 g/mol. The highest BCUT2D eigenvalue weighted by atomic mass is 35.5. The molecule has 1 heterocycles. The van der Waals surface area contributed by atoms with Crippen LogP contribution in [0.5, 0.6) is 0 Å². The first kappa shape index (κ1) is 12.5. The predicted octanol–water partition coefficient (Wildman–Crippen LogP) is 4.36. The van der Waals surface area contributed by atoms with Crippen LogP contribution in [-0.2, 0) is 6.54 Å². The molecule has 0 saturated heterocycles. The van der Waals surface area contributed by atoms with Gasteiger partial charge in [-0.05, 0) is 23.8 Å². The van der Waals surface area contributed by atoms with Crippen LogP contribution in [0.2, 0.25) is 10.0 Å². The minimum Gasteiger partial charge on any atom is -0.330 e. The van der Waals surface area contributed by atoms with Crippen molar-refractivity contribution in [2.45, 2.75) is 26.3 Å². The summed E-state index contributed by atoms with van der Waals surface area (Å²) in [5.74, 6) is 1.45. The van der Waals surface area contributed by atoms with E-state index in [1.807, 2.05) is 24.5 Å². The van der Waals surface area contributed by atoms with E-state index in [9.17, 15) is 0 Å². The SMILES string of the molecule is CC(C)c1nccn1Cc1cc(Cl)ccc1Cl. The number of aromatic nitrogens is 2. The Kier molecular flexibility index (Phi) is 3.75. The van der Waals surface area contributed by atoms with Crippen LogP contribution in [0.25, 0.3) is 0 Å². The Balaban J connectivity index is 2.31. The van der Waals surface area contributed by atoms with Gasteiger partial charge in [-0.15, -0.1) is 0 Å². The fourth-order valence-electron chi connectivity index (χ4n) is 1.80. The molecule has 4 heteroatoms. The molecule has 1 aromatic heterocycles. The summed E-state index contributed by atoms with van der Waals surface area (Å²) < 4.78 is 2.10. The Morgan fingerprint density at radius 2 is 2.06 bits per heavy atom. The van der Waals surface area contributed by atoms with Crippen LogP contribution in [0.15, 0.2) is 30.6 Å². The summed E-state index contributed by atoms with van der Waals surface area (Å²) >= 11 is 12.1. The maximum absolute atomic E-state index is 6.15. The van der Waals surface area contributed by atoms with E-state index in [0.717, 1.165) is 16.4 Å². The Labute approximate surface area is 111 Å². The first-order valence-corrected chi connectivity index (χ1v) is 6.28. The van der Waals surface area contributed by atoms with Gasteiger partial charge >= 0.3 is 0 Å². The van der Waals surface area contributed by atoms with Gasteiger partial charge in [0.05, 0.1) is 6.54 Å². The summed E-state index contributed by atoms with van der Waals surface area (Å²) in [5, 5.41) is 1.44. The van der Waals surface area contributed by atoms with Crippen LogP contribution < -0.4 is 0 Å². The minimum atomic E-state index is 0.392. The van der Waals surface area contributed by atoms with Crippen molar-refractivity contribution in [3.05, 3.63) is 52.0 Å². The zero-order valence-corrected chi connectivity index (χ0v) is 11.3. The van der Waals surface area contributed by atoms with Gasteiger partial charge in [-0.3, -0.25) is 0 Å². The van der Waals surface area contributed by atoms with Gasteiger partial charge in [0.1, 0.15) is 5.82 Å². The summed E-state index contributed by atoms with van der Waals surface area (Å²) in [5.41, 5.74) is 1.01. The summed E-state index contributed by atoms with van der Waals surface area (Å²) in [4.78, 5) is 4.35. The van der Waals surface area contributed by atoms with Gasteiger partial charge in [0, 0.05) is 28.4 Å². The minimum absolute atomic E-state index is 0.392. The summed E-state index contributed by atoms with van der Waals surface area (Å²) in [6, 6.07) is 5.52. The summed E-state index contributed by atoms with van der Waals surface area (Å²) in [6.45, 7) is 4.95. The van der Waals surface area contributed by atoms with Crippen molar-refractivity contribution in [3.8, 4) is 0 Å². The Morgan fingerprint density at radius 1 is 1.29 bits per heavy atom. The smallest absolute Gasteiger partial charge is 0.111 e. The number of imidazole rings is 1. The first-order chi connectivity index (χ1) is 8.08. The average Bonchev–Trinajstić information content (AvgIpc) is 2.71. The Hall–Kier alpha value is -0.990. The van der Waals surface area contributed by atoms with Gasteiger partial charge in [-0.1, -0.05) is 37.0 Å². The third-order valence-electron chi connectivity index (χ3n) is 2.61. The lowest BCUT2D eigenvalue weighted by Gasteiger charge is -2.11. The van der Waals surface area contributed by atoms with E-state index in [2.05, 4.69) is 23.4 Å². The Morgan fingerprint density at radius 3 is 2.76 bits per heavy atom. The highest BCUT2D eigenvalue weighted by molar-refractivity contribution is 6.33. The van der Waals surface area contributed by atoms with Crippen molar-refractivity contribution in [2.24, 2.45) is 0 Å². The van der Waals surface area contributed by atoms with Gasteiger partial charge in [0.25, 0.3) is 0 Å². The highest BCUT2D eigenvalue weighted by Crippen LogP contribution is 2.23. The molecule has 2 aromatic rings. The van der Waals surface area contributed by atoms with E-state index < -0.39 is 0 Å². The molecular weight excluding hydrogens is 255 g/mol. The number of nitrogens with zero attached hydrogens (tertiary/aromatic N) is 2. The normalized spacial score (nSPS) is 11.1. The second kappa shape index (κ2) is 5.11. The molecule has 0 spiro atoms. The molecule has 0 atom stereocenters. The van der Waals surface area contributed by atoms with Crippen LogP contribution in [0.1, 0.15) is 31.2 Å². The van der Waals surface area contributed by atoms with E-state index in [-0.39, 0.29) is 0 Å². The van der Waals surface area contributed by atoms with Crippen molar-refractivity contribution in [1.82, 2.24) is 9.55 Å². The van der Waals surface area contributed by atoms with E-state index in [0.29, 0.717) is 17.5 Å². The molecule has 90 valence electrons. The second-order valence-electron chi connectivity index (χ2n) is 4.30. The lowest BCUT2D eigenvalue weighted by molar-refractivity contribution is 0.670. The average molecular weight is 269 g/mol. The molecule has 2 nitrogen and oxygen atoms in total. The molecule has 0 fully saturated rings. The van der Waals surface area contributed by atoms with Crippen molar-refractivity contribution in [3.63, 3.8) is 0 Å². The highest BCUT2D eigenvalue weighted by Gasteiger charge is 2.09. The number of benzene rings is 1. The largest absolute Gasteiger partial charge is 0.330 e. The van der Waals surface area contributed by atoms with Gasteiger partial charge in [0.2, 0.25) is 0 Å². The standard InChI is InChI=1S/C13H14Cl2N2/c1-9(2)13-16-5-6-17(13)8-10-7-11(14)3-4-12(10)15/h3-7,9H,8H2,1-2H3. The number of halogens is 2. The molecular formula is C13H14Cl2N2. The van der Waals surface area contributed by atoms with Crippen LogP contribution in [-0.4, -0.2) is 9.55 Å². The van der Waals surface area contributed by atoms with Crippen LogP contribution >= 0.6 is 23.2 Å². The molecule has 1 aromatic carbocycles. The van der Waals surface area contributed by atoms with Crippen molar-refractivity contribution in [1.29, 1.82) is 0 Å². The van der Waals surface area contributed by atoms with Gasteiger partial charge < -0.3 is 4.57 Å². The van der Waals surface area contributed by atoms with Crippen LogP contribution in [0.4, 0.5) is 0 Å².